The van der Waals surface area contributed by atoms with Gasteiger partial charge in [-0.05, 0) is 55.0 Å². The number of nitrogens with zero attached hydrogens (tertiary/aromatic N) is 1. The lowest BCUT2D eigenvalue weighted by atomic mass is 10.1. The van der Waals surface area contributed by atoms with Crippen molar-refractivity contribution in [3.05, 3.63) is 57.3 Å². The van der Waals surface area contributed by atoms with Gasteiger partial charge in [0.1, 0.15) is 6.29 Å². The van der Waals surface area contributed by atoms with Crippen LogP contribution in [0.4, 0.5) is 0 Å². The number of amides is 1. The molecule has 1 amide bonds. The fraction of sp³-hybridized carbons (Fsp3) is 0.294. The zero-order chi connectivity index (χ0) is 14.8. The Balaban J connectivity index is 1.91. The number of aryl methyl sites for hydroxylation is 1. The molecule has 1 aromatic carbocycles. The largest absolute Gasteiger partial charge is 0.331 e. The molecule has 1 aliphatic rings. The molecule has 3 rings (SSSR count). The van der Waals surface area contributed by atoms with Crippen LogP contribution < -0.4 is 0 Å². The van der Waals surface area contributed by atoms with E-state index in [0.29, 0.717) is 11.1 Å². The van der Waals surface area contributed by atoms with Crippen LogP contribution in [0, 0.1) is 6.92 Å². The Morgan fingerprint density at radius 3 is 2.95 bits per heavy atom. The van der Waals surface area contributed by atoms with Crippen molar-refractivity contribution in [2.24, 2.45) is 0 Å². The lowest BCUT2D eigenvalue weighted by Gasteiger charge is -2.24. The van der Waals surface area contributed by atoms with E-state index >= 15 is 0 Å². The number of carbonyl (C=O) groups excluding carboxylic acids is 2. The lowest BCUT2D eigenvalue weighted by Crippen LogP contribution is -2.30. The first-order chi connectivity index (χ1) is 10.2. The van der Waals surface area contributed by atoms with E-state index in [1.165, 1.54) is 4.88 Å². The molecule has 0 spiro atoms. The summed E-state index contributed by atoms with van der Waals surface area (Å²) in [5.74, 6) is 0.0256. The van der Waals surface area contributed by atoms with Crippen molar-refractivity contribution in [1.82, 2.24) is 4.90 Å². The van der Waals surface area contributed by atoms with Gasteiger partial charge in [0, 0.05) is 22.5 Å². The second kappa shape index (κ2) is 5.82. The average Bonchev–Trinajstić information content (AvgIpc) is 3.16. The maximum Gasteiger partial charge on any atom is 0.254 e. The summed E-state index contributed by atoms with van der Waals surface area (Å²) >= 11 is 1.70. The Morgan fingerprint density at radius 1 is 1.38 bits per heavy atom. The van der Waals surface area contributed by atoms with Crippen molar-refractivity contribution < 1.29 is 9.59 Å². The van der Waals surface area contributed by atoms with Crippen molar-refractivity contribution in [3.63, 3.8) is 0 Å². The maximum absolute atomic E-state index is 12.8. The van der Waals surface area contributed by atoms with E-state index in [4.69, 9.17) is 0 Å². The minimum absolute atomic E-state index is 0.0256. The number of rotatable bonds is 3. The third-order valence-corrected chi connectivity index (χ3v) is 4.84. The SMILES string of the molecule is Cc1cc(C=O)cc(C(=O)N2CCCC2c2cccs2)c1. The van der Waals surface area contributed by atoms with E-state index in [-0.39, 0.29) is 11.9 Å². The molecule has 2 aromatic rings. The van der Waals surface area contributed by atoms with Gasteiger partial charge in [-0.2, -0.15) is 0 Å². The van der Waals surface area contributed by atoms with Gasteiger partial charge in [-0.15, -0.1) is 11.3 Å². The van der Waals surface area contributed by atoms with Gasteiger partial charge in [0.15, 0.2) is 0 Å². The van der Waals surface area contributed by atoms with Crippen LogP contribution in [0.15, 0.2) is 35.7 Å². The molecule has 0 aliphatic carbocycles. The van der Waals surface area contributed by atoms with Crippen molar-refractivity contribution in [1.29, 1.82) is 0 Å². The van der Waals surface area contributed by atoms with E-state index < -0.39 is 0 Å². The Hall–Kier alpha value is -1.94. The van der Waals surface area contributed by atoms with Gasteiger partial charge in [0.05, 0.1) is 6.04 Å². The number of likely N-dealkylation sites (tertiary alicyclic amines) is 1. The molecule has 4 heteroatoms. The third-order valence-electron chi connectivity index (χ3n) is 3.87. The monoisotopic (exact) mass is 299 g/mol. The second-order valence-electron chi connectivity index (χ2n) is 5.42. The molecule has 1 atom stereocenters. The topological polar surface area (TPSA) is 37.4 Å². The first kappa shape index (κ1) is 14.0. The second-order valence-corrected chi connectivity index (χ2v) is 6.40. The summed E-state index contributed by atoms with van der Waals surface area (Å²) in [7, 11) is 0. The van der Waals surface area contributed by atoms with E-state index in [2.05, 4.69) is 6.07 Å². The zero-order valence-corrected chi connectivity index (χ0v) is 12.7. The number of aldehydes is 1. The molecule has 1 fully saturated rings. The molecule has 0 saturated carbocycles. The highest BCUT2D eigenvalue weighted by Gasteiger charge is 2.31. The average molecular weight is 299 g/mol. The Labute approximate surface area is 128 Å². The van der Waals surface area contributed by atoms with Crippen molar-refractivity contribution in [3.8, 4) is 0 Å². The van der Waals surface area contributed by atoms with Gasteiger partial charge in [-0.3, -0.25) is 9.59 Å². The minimum atomic E-state index is 0.0256. The molecular formula is C17H17NO2S. The molecule has 108 valence electrons. The molecular weight excluding hydrogens is 282 g/mol. The highest BCUT2D eigenvalue weighted by Crippen LogP contribution is 2.35. The van der Waals surface area contributed by atoms with Crippen molar-refractivity contribution in [2.45, 2.75) is 25.8 Å². The summed E-state index contributed by atoms with van der Waals surface area (Å²) in [5, 5.41) is 2.05. The van der Waals surface area contributed by atoms with Crippen LogP contribution in [0.2, 0.25) is 0 Å². The predicted molar refractivity (Wildman–Crippen MR) is 83.9 cm³/mol. The summed E-state index contributed by atoms with van der Waals surface area (Å²) in [6, 6.07) is 9.64. The summed E-state index contributed by atoms with van der Waals surface area (Å²) in [4.78, 5) is 26.9. The Kier molecular flexibility index (Phi) is 3.88. The summed E-state index contributed by atoms with van der Waals surface area (Å²) in [5.41, 5.74) is 2.11. The fourth-order valence-corrected chi connectivity index (χ4v) is 3.83. The first-order valence-electron chi connectivity index (χ1n) is 7.10. The quantitative estimate of drug-likeness (QED) is 0.807. The molecule has 0 radical (unpaired) electrons. The zero-order valence-electron chi connectivity index (χ0n) is 11.9. The molecule has 1 aromatic heterocycles. The van der Waals surface area contributed by atoms with E-state index in [1.54, 1.807) is 23.5 Å². The standard InChI is InChI=1S/C17H17NO2S/c1-12-8-13(11-19)10-14(9-12)17(20)18-6-2-4-15(18)16-5-3-7-21-16/h3,5,7-11,15H,2,4,6H2,1H3. The van der Waals surface area contributed by atoms with Gasteiger partial charge >= 0.3 is 0 Å². The van der Waals surface area contributed by atoms with E-state index in [1.807, 2.05) is 29.3 Å². The van der Waals surface area contributed by atoms with E-state index in [0.717, 1.165) is 31.2 Å². The smallest absolute Gasteiger partial charge is 0.254 e. The number of thiophene rings is 1. The van der Waals surface area contributed by atoms with Crippen LogP contribution in [0.25, 0.3) is 0 Å². The Bertz CT molecular complexity index is 663. The molecule has 3 nitrogen and oxygen atoms in total. The molecule has 1 unspecified atom stereocenters. The summed E-state index contributed by atoms with van der Waals surface area (Å²) < 4.78 is 0. The van der Waals surface area contributed by atoms with Crippen LogP contribution >= 0.6 is 11.3 Å². The number of carbonyl (C=O) groups is 2. The normalized spacial score (nSPS) is 18.0. The molecule has 1 aliphatic heterocycles. The van der Waals surface area contributed by atoms with Crippen LogP contribution in [-0.4, -0.2) is 23.6 Å². The minimum Gasteiger partial charge on any atom is -0.331 e. The van der Waals surface area contributed by atoms with Crippen LogP contribution in [-0.2, 0) is 0 Å². The summed E-state index contributed by atoms with van der Waals surface area (Å²) in [6.45, 7) is 2.69. The fourth-order valence-electron chi connectivity index (χ4n) is 2.96. The van der Waals surface area contributed by atoms with Crippen LogP contribution in [0.3, 0.4) is 0 Å². The number of benzene rings is 1. The van der Waals surface area contributed by atoms with Crippen LogP contribution in [0.5, 0.6) is 0 Å². The highest BCUT2D eigenvalue weighted by molar-refractivity contribution is 7.10. The molecule has 0 bridgehead atoms. The van der Waals surface area contributed by atoms with Crippen molar-refractivity contribution in [2.75, 3.05) is 6.54 Å². The molecule has 2 heterocycles. The third kappa shape index (κ3) is 2.76. The van der Waals surface area contributed by atoms with Crippen molar-refractivity contribution >= 4 is 23.5 Å². The first-order valence-corrected chi connectivity index (χ1v) is 7.98. The molecule has 1 saturated heterocycles. The Morgan fingerprint density at radius 2 is 2.24 bits per heavy atom. The van der Waals surface area contributed by atoms with Gasteiger partial charge < -0.3 is 4.90 Å². The highest BCUT2D eigenvalue weighted by atomic mass is 32.1. The number of hydrogen-bond acceptors (Lipinski definition) is 3. The summed E-state index contributed by atoms with van der Waals surface area (Å²) in [6.07, 6.45) is 2.84. The van der Waals surface area contributed by atoms with Gasteiger partial charge in [-0.1, -0.05) is 6.07 Å². The van der Waals surface area contributed by atoms with Crippen LogP contribution in [0.1, 0.15) is 50.0 Å². The molecule has 21 heavy (non-hydrogen) atoms. The van der Waals surface area contributed by atoms with E-state index in [9.17, 15) is 9.59 Å². The van der Waals surface area contributed by atoms with Gasteiger partial charge in [0.2, 0.25) is 0 Å². The number of hydrogen-bond donors (Lipinski definition) is 0. The molecule has 0 N–H and O–H groups in total. The predicted octanol–water partition coefficient (Wildman–Crippen LogP) is 3.85. The van der Waals surface area contributed by atoms with Gasteiger partial charge in [-0.25, -0.2) is 0 Å². The van der Waals surface area contributed by atoms with Gasteiger partial charge in [0.25, 0.3) is 5.91 Å². The lowest BCUT2D eigenvalue weighted by molar-refractivity contribution is 0.0738. The maximum atomic E-state index is 12.8.